The lowest BCUT2D eigenvalue weighted by atomic mass is 9.71. The Hall–Kier alpha value is -2.82. The van der Waals surface area contributed by atoms with Crippen LogP contribution in [0.2, 0.25) is 0 Å². The number of esters is 1. The van der Waals surface area contributed by atoms with Gasteiger partial charge in [-0.25, -0.2) is 0 Å². The number of amides is 1. The fraction of sp³-hybridized carbons (Fsp3) is 0.391. The van der Waals surface area contributed by atoms with Gasteiger partial charge in [-0.3, -0.25) is 9.59 Å². The molecule has 0 spiro atoms. The molecule has 3 rings (SSSR count). The molecular weight excluding hydrogens is 354 g/mol. The molecule has 1 amide bonds. The average Bonchev–Trinajstić information content (AvgIpc) is 2.74. The van der Waals surface area contributed by atoms with Crippen molar-refractivity contribution in [1.29, 1.82) is 0 Å². The first-order chi connectivity index (χ1) is 13.6. The number of likely N-dealkylation sites (tertiary alicyclic amines) is 1. The highest BCUT2D eigenvalue weighted by molar-refractivity contribution is 5.94. The molecule has 5 heteroatoms. The molecule has 0 bridgehead atoms. The van der Waals surface area contributed by atoms with E-state index in [4.69, 9.17) is 9.47 Å². The van der Waals surface area contributed by atoms with Crippen LogP contribution in [0, 0.1) is 5.41 Å². The summed E-state index contributed by atoms with van der Waals surface area (Å²) in [7, 11) is 3.08. The maximum absolute atomic E-state index is 12.8. The SMILES string of the molecule is COC(=O)CC1(Cc2ccccc2OC)CCN(C(=O)c2ccccc2)CC1. The summed E-state index contributed by atoms with van der Waals surface area (Å²) >= 11 is 0. The molecule has 0 aliphatic carbocycles. The van der Waals surface area contributed by atoms with Crippen LogP contribution in [0.5, 0.6) is 5.75 Å². The molecule has 0 radical (unpaired) electrons. The zero-order valence-electron chi connectivity index (χ0n) is 16.5. The van der Waals surface area contributed by atoms with Gasteiger partial charge in [0.1, 0.15) is 5.75 Å². The van der Waals surface area contributed by atoms with Gasteiger partial charge >= 0.3 is 5.97 Å². The third-order valence-electron chi connectivity index (χ3n) is 5.64. The zero-order chi connectivity index (χ0) is 20.0. The molecule has 0 atom stereocenters. The van der Waals surface area contributed by atoms with Gasteiger partial charge in [0, 0.05) is 18.7 Å². The van der Waals surface area contributed by atoms with Crippen molar-refractivity contribution in [1.82, 2.24) is 4.90 Å². The van der Waals surface area contributed by atoms with E-state index >= 15 is 0 Å². The van der Waals surface area contributed by atoms with Gasteiger partial charge in [-0.15, -0.1) is 0 Å². The second-order valence-corrected chi connectivity index (χ2v) is 7.40. The molecule has 1 aliphatic rings. The van der Waals surface area contributed by atoms with Crippen molar-refractivity contribution in [2.75, 3.05) is 27.3 Å². The Morgan fingerprint density at radius 2 is 1.61 bits per heavy atom. The maximum Gasteiger partial charge on any atom is 0.306 e. The lowest BCUT2D eigenvalue weighted by Crippen LogP contribution is -2.45. The molecule has 148 valence electrons. The molecule has 28 heavy (non-hydrogen) atoms. The molecule has 1 heterocycles. The topological polar surface area (TPSA) is 55.8 Å². The molecule has 0 saturated carbocycles. The van der Waals surface area contributed by atoms with E-state index in [1.54, 1.807) is 7.11 Å². The first-order valence-corrected chi connectivity index (χ1v) is 9.60. The van der Waals surface area contributed by atoms with Crippen molar-refractivity contribution in [2.24, 2.45) is 5.41 Å². The van der Waals surface area contributed by atoms with Crippen LogP contribution in [0.4, 0.5) is 0 Å². The Morgan fingerprint density at radius 1 is 0.964 bits per heavy atom. The molecule has 2 aromatic rings. The van der Waals surface area contributed by atoms with Gasteiger partial charge in [-0.2, -0.15) is 0 Å². The highest BCUT2D eigenvalue weighted by Gasteiger charge is 2.39. The fourth-order valence-corrected chi connectivity index (χ4v) is 3.99. The summed E-state index contributed by atoms with van der Waals surface area (Å²) in [6.45, 7) is 1.25. The van der Waals surface area contributed by atoms with E-state index in [9.17, 15) is 9.59 Å². The van der Waals surface area contributed by atoms with Gasteiger partial charge in [-0.05, 0) is 48.4 Å². The quantitative estimate of drug-likeness (QED) is 0.716. The summed E-state index contributed by atoms with van der Waals surface area (Å²) in [6.07, 6.45) is 2.56. The number of benzene rings is 2. The first-order valence-electron chi connectivity index (χ1n) is 9.60. The third kappa shape index (κ3) is 4.53. The number of nitrogens with zero attached hydrogens (tertiary/aromatic N) is 1. The number of para-hydroxylation sites is 1. The third-order valence-corrected chi connectivity index (χ3v) is 5.64. The Morgan fingerprint density at radius 3 is 2.25 bits per heavy atom. The lowest BCUT2D eigenvalue weighted by molar-refractivity contribution is -0.144. The second-order valence-electron chi connectivity index (χ2n) is 7.40. The van der Waals surface area contributed by atoms with Crippen LogP contribution in [0.1, 0.15) is 35.2 Å². The molecule has 1 saturated heterocycles. The van der Waals surface area contributed by atoms with Crippen LogP contribution in [-0.2, 0) is 16.0 Å². The van der Waals surface area contributed by atoms with Crippen molar-refractivity contribution >= 4 is 11.9 Å². The van der Waals surface area contributed by atoms with Crippen molar-refractivity contribution < 1.29 is 19.1 Å². The van der Waals surface area contributed by atoms with Gasteiger partial charge in [0.15, 0.2) is 0 Å². The van der Waals surface area contributed by atoms with Crippen molar-refractivity contribution in [3.8, 4) is 5.75 Å². The normalized spacial score (nSPS) is 15.7. The number of methoxy groups -OCH3 is 2. The predicted molar refractivity (Wildman–Crippen MR) is 107 cm³/mol. The molecule has 2 aromatic carbocycles. The first kappa shape index (κ1) is 19.9. The second kappa shape index (κ2) is 8.91. The summed E-state index contributed by atoms with van der Waals surface area (Å²) in [5.74, 6) is 0.664. The van der Waals surface area contributed by atoms with Crippen molar-refractivity contribution in [3.63, 3.8) is 0 Å². The highest BCUT2D eigenvalue weighted by atomic mass is 16.5. The molecule has 0 N–H and O–H groups in total. The van der Waals surface area contributed by atoms with E-state index in [1.165, 1.54) is 7.11 Å². The highest BCUT2D eigenvalue weighted by Crippen LogP contribution is 2.40. The van der Waals surface area contributed by atoms with Gasteiger partial charge in [0.05, 0.1) is 20.6 Å². The smallest absolute Gasteiger partial charge is 0.306 e. The average molecular weight is 381 g/mol. The van der Waals surface area contributed by atoms with Gasteiger partial charge in [0.2, 0.25) is 0 Å². The number of carbonyl (C=O) groups excluding carboxylic acids is 2. The van der Waals surface area contributed by atoms with Crippen LogP contribution in [0.3, 0.4) is 0 Å². The molecule has 1 fully saturated rings. The van der Waals surface area contributed by atoms with E-state index in [2.05, 4.69) is 0 Å². The Kier molecular flexibility index (Phi) is 6.34. The summed E-state index contributed by atoms with van der Waals surface area (Å²) in [5.41, 5.74) is 1.54. The van der Waals surface area contributed by atoms with Crippen LogP contribution in [0.15, 0.2) is 54.6 Å². The predicted octanol–water partition coefficient (Wildman–Crippen LogP) is 3.72. The number of rotatable bonds is 6. The zero-order valence-corrected chi connectivity index (χ0v) is 16.5. The largest absolute Gasteiger partial charge is 0.496 e. The lowest BCUT2D eigenvalue weighted by Gasteiger charge is -2.41. The van der Waals surface area contributed by atoms with Crippen molar-refractivity contribution in [3.05, 3.63) is 65.7 Å². The number of hydrogen-bond donors (Lipinski definition) is 0. The minimum Gasteiger partial charge on any atom is -0.496 e. The molecule has 0 aromatic heterocycles. The number of ether oxygens (including phenoxy) is 2. The summed E-state index contributed by atoms with van der Waals surface area (Å²) < 4.78 is 10.5. The standard InChI is InChI=1S/C23H27NO4/c1-27-20-11-7-6-10-19(20)16-23(17-21(25)28-2)12-14-24(15-13-23)22(26)18-8-4-3-5-9-18/h3-11H,12-17H2,1-2H3. The minimum absolute atomic E-state index is 0.0459. The molecular formula is C23H27NO4. The van der Waals surface area contributed by atoms with E-state index in [1.807, 2.05) is 59.5 Å². The Labute approximate surface area is 166 Å². The van der Waals surface area contributed by atoms with Gasteiger partial charge < -0.3 is 14.4 Å². The summed E-state index contributed by atoms with van der Waals surface area (Å²) in [6, 6.07) is 17.2. The number of hydrogen-bond acceptors (Lipinski definition) is 4. The van der Waals surface area contributed by atoms with Crippen LogP contribution in [-0.4, -0.2) is 44.1 Å². The van der Waals surface area contributed by atoms with E-state index in [0.717, 1.165) is 30.6 Å². The van der Waals surface area contributed by atoms with Crippen LogP contribution < -0.4 is 4.74 Å². The fourth-order valence-electron chi connectivity index (χ4n) is 3.99. The van der Waals surface area contributed by atoms with Crippen LogP contribution >= 0.6 is 0 Å². The molecule has 5 nitrogen and oxygen atoms in total. The van der Waals surface area contributed by atoms with E-state index in [0.29, 0.717) is 25.1 Å². The number of carbonyl (C=O) groups is 2. The molecule has 1 aliphatic heterocycles. The van der Waals surface area contributed by atoms with Gasteiger partial charge in [-0.1, -0.05) is 36.4 Å². The summed E-state index contributed by atoms with van der Waals surface area (Å²) in [5, 5.41) is 0. The monoisotopic (exact) mass is 381 g/mol. The Bertz CT molecular complexity index is 810. The van der Waals surface area contributed by atoms with Crippen molar-refractivity contribution in [2.45, 2.75) is 25.7 Å². The molecule has 0 unspecified atom stereocenters. The summed E-state index contributed by atoms with van der Waals surface area (Å²) in [4.78, 5) is 26.8. The minimum atomic E-state index is -0.241. The maximum atomic E-state index is 12.8. The van der Waals surface area contributed by atoms with E-state index in [-0.39, 0.29) is 17.3 Å². The Balaban J connectivity index is 1.77. The van der Waals surface area contributed by atoms with Crippen LogP contribution in [0.25, 0.3) is 0 Å². The van der Waals surface area contributed by atoms with E-state index < -0.39 is 0 Å². The number of piperidine rings is 1. The van der Waals surface area contributed by atoms with Gasteiger partial charge in [0.25, 0.3) is 5.91 Å².